The number of hydrogen-bond acceptors (Lipinski definition) is 6. The van der Waals surface area contributed by atoms with Gasteiger partial charge in [-0.1, -0.05) is 23.4 Å². The molecule has 0 radical (unpaired) electrons. The standard InChI is InChI=1S/C13H17N3O5/c1-8(17)14-6-11(18)13(20)9-4-2-3-5-10(9)16-12(19)7-15-21/h2-5,7,11,13,18,20-21H,6H2,1H3,(H,14,17)(H,16,19). The van der Waals surface area contributed by atoms with Crippen molar-refractivity contribution in [2.24, 2.45) is 5.16 Å². The highest BCUT2D eigenvalue weighted by Gasteiger charge is 2.21. The van der Waals surface area contributed by atoms with Gasteiger partial charge in [-0.2, -0.15) is 0 Å². The molecule has 0 saturated heterocycles. The third-order valence-corrected chi connectivity index (χ3v) is 2.64. The van der Waals surface area contributed by atoms with Gasteiger partial charge < -0.3 is 26.1 Å². The molecule has 8 nitrogen and oxygen atoms in total. The molecule has 0 aliphatic carbocycles. The van der Waals surface area contributed by atoms with Crippen LogP contribution >= 0.6 is 0 Å². The molecule has 8 heteroatoms. The fourth-order valence-corrected chi connectivity index (χ4v) is 1.65. The van der Waals surface area contributed by atoms with Gasteiger partial charge >= 0.3 is 0 Å². The van der Waals surface area contributed by atoms with Gasteiger partial charge in [0.25, 0.3) is 5.91 Å². The van der Waals surface area contributed by atoms with Crippen LogP contribution in [0.2, 0.25) is 0 Å². The smallest absolute Gasteiger partial charge is 0.270 e. The predicted molar refractivity (Wildman–Crippen MR) is 75.0 cm³/mol. The second kappa shape index (κ2) is 7.98. The average Bonchev–Trinajstić information content (AvgIpc) is 2.44. The number of aliphatic hydroxyl groups excluding tert-OH is 2. The molecule has 1 rings (SSSR count). The molecule has 114 valence electrons. The summed E-state index contributed by atoms with van der Waals surface area (Å²) >= 11 is 0. The molecule has 0 heterocycles. The highest BCUT2D eigenvalue weighted by molar-refractivity contribution is 6.31. The van der Waals surface area contributed by atoms with Gasteiger partial charge in [-0.05, 0) is 6.07 Å². The molecule has 0 spiro atoms. The van der Waals surface area contributed by atoms with E-state index in [4.69, 9.17) is 5.21 Å². The van der Waals surface area contributed by atoms with Crippen molar-refractivity contribution < 1.29 is 25.0 Å². The number of nitrogens with zero attached hydrogens (tertiary/aromatic N) is 1. The van der Waals surface area contributed by atoms with Crippen LogP contribution in [-0.2, 0) is 9.59 Å². The van der Waals surface area contributed by atoms with Crippen molar-refractivity contribution >= 4 is 23.7 Å². The minimum absolute atomic E-state index is 0.128. The highest BCUT2D eigenvalue weighted by Crippen LogP contribution is 2.25. The van der Waals surface area contributed by atoms with E-state index in [2.05, 4.69) is 15.8 Å². The predicted octanol–water partition coefficient (Wildman–Crippen LogP) is -0.385. The minimum Gasteiger partial charge on any atom is -0.411 e. The third-order valence-electron chi connectivity index (χ3n) is 2.64. The summed E-state index contributed by atoms with van der Waals surface area (Å²) in [5.74, 6) is -1.02. The molecular weight excluding hydrogens is 278 g/mol. The van der Waals surface area contributed by atoms with Crippen molar-refractivity contribution in [2.75, 3.05) is 11.9 Å². The largest absolute Gasteiger partial charge is 0.411 e. The topological polar surface area (TPSA) is 131 Å². The number of hydrogen-bond donors (Lipinski definition) is 5. The van der Waals surface area contributed by atoms with Gasteiger partial charge in [-0.25, -0.2) is 0 Å². The summed E-state index contributed by atoms with van der Waals surface area (Å²) in [4.78, 5) is 22.1. The normalized spacial score (nSPS) is 13.7. The lowest BCUT2D eigenvalue weighted by Gasteiger charge is -2.20. The van der Waals surface area contributed by atoms with Gasteiger partial charge in [0.15, 0.2) is 0 Å². The van der Waals surface area contributed by atoms with Gasteiger partial charge in [0.1, 0.15) is 18.4 Å². The van der Waals surface area contributed by atoms with E-state index >= 15 is 0 Å². The first-order valence-electron chi connectivity index (χ1n) is 6.13. The van der Waals surface area contributed by atoms with E-state index in [0.717, 1.165) is 0 Å². The fraction of sp³-hybridized carbons (Fsp3) is 0.308. The number of oxime groups is 1. The van der Waals surface area contributed by atoms with Crippen LogP contribution in [0.5, 0.6) is 0 Å². The van der Waals surface area contributed by atoms with Crippen molar-refractivity contribution in [3.63, 3.8) is 0 Å². The zero-order valence-corrected chi connectivity index (χ0v) is 11.4. The van der Waals surface area contributed by atoms with Crippen molar-refractivity contribution in [3.8, 4) is 0 Å². The molecule has 5 N–H and O–H groups in total. The molecule has 2 amide bonds. The van der Waals surface area contributed by atoms with Gasteiger partial charge in [0.05, 0.1) is 0 Å². The van der Waals surface area contributed by atoms with Crippen LogP contribution in [0.25, 0.3) is 0 Å². The van der Waals surface area contributed by atoms with Crippen LogP contribution in [0, 0.1) is 0 Å². The summed E-state index contributed by atoms with van der Waals surface area (Å²) in [5.41, 5.74) is 0.534. The lowest BCUT2D eigenvalue weighted by Crippen LogP contribution is -2.34. The van der Waals surface area contributed by atoms with E-state index < -0.39 is 18.1 Å². The summed E-state index contributed by atoms with van der Waals surface area (Å²) in [5, 5.41) is 35.6. The summed E-state index contributed by atoms with van der Waals surface area (Å²) < 4.78 is 0. The first kappa shape index (κ1) is 16.6. The number of anilines is 1. The molecule has 0 saturated carbocycles. The lowest BCUT2D eigenvalue weighted by atomic mass is 10.0. The van der Waals surface area contributed by atoms with E-state index in [0.29, 0.717) is 6.21 Å². The van der Waals surface area contributed by atoms with Gasteiger partial charge in [0, 0.05) is 24.7 Å². The summed E-state index contributed by atoms with van der Waals surface area (Å²) in [6.45, 7) is 1.17. The second-order valence-corrected chi connectivity index (χ2v) is 4.27. The van der Waals surface area contributed by atoms with Crippen molar-refractivity contribution in [3.05, 3.63) is 29.8 Å². The number of rotatable bonds is 6. The van der Waals surface area contributed by atoms with Gasteiger partial charge in [-0.15, -0.1) is 0 Å². The number of amides is 2. The molecular formula is C13H17N3O5. The molecule has 0 aromatic heterocycles. The highest BCUT2D eigenvalue weighted by atomic mass is 16.4. The zero-order chi connectivity index (χ0) is 15.8. The Balaban J connectivity index is 2.86. The molecule has 21 heavy (non-hydrogen) atoms. The van der Waals surface area contributed by atoms with Crippen LogP contribution in [0.1, 0.15) is 18.6 Å². The van der Waals surface area contributed by atoms with E-state index in [1.807, 2.05) is 0 Å². The molecule has 2 atom stereocenters. The molecule has 0 fully saturated rings. The lowest BCUT2D eigenvalue weighted by molar-refractivity contribution is -0.119. The van der Waals surface area contributed by atoms with Crippen LogP contribution in [-0.4, -0.2) is 46.1 Å². The quantitative estimate of drug-likeness (QED) is 0.277. The average molecular weight is 295 g/mol. The number of para-hydroxylation sites is 1. The number of nitrogens with one attached hydrogen (secondary N) is 2. The summed E-state index contributed by atoms with van der Waals surface area (Å²) in [6, 6.07) is 6.29. The Labute approximate surface area is 121 Å². The van der Waals surface area contributed by atoms with Crippen molar-refractivity contribution in [2.45, 2.75) is 19.1 Å². The molecule has 1 aromatic carbocycles. The zero-order valence-electron chi connectivity index (χ0n) is 11.4. The van der Waals surface area contributed by atoms with E-state index in [9.17, 15) is 19.8 Å². The van der Waals surface area contributed by atoms with Gasteiger partial charge in [-0.3, -0.25) is 9.59 Å². The Morgan fingerprint density at radius 1 is 1.33 bits per heavy atom. The molecule has 1 aromatic rings. The molecule has 0 aliphatic heterocycles. The second-order valence-electron chi connectivity index (χ2n) is 4.27. The number of carbonyl (C=O) groups is 2. The van der Waals surface area contributed by atoms with Crippen LogP contribution in [0.3, 0.4) is 0 Å². The Kier molecular flexibility index (Phi) is 6.31. The van der Waals surface area contributed by atoms with Crippen LogP contribution in [0.4, 0.5) is 5.69 Å². The Bertz CT molecular complexity index is 532. The first-order valence-corrected chi connectivity index (χ1v) is 6.13. The van der Waals surface area contributed by atoms with Crippen LogP contribution in [0.15, 0.2) is 29.4 Å². The molecule has 0 bridgehead atoms. The number of carbonyl (C=O) groups excluding carboxylic acids is 2. The monoisotopic (exact) mass is 295 g/mol. The minimum atomic E-state index is -1.31. The SMILES string of the molecule is CC(=O)NCC(O)C(O)c1ccccc1NC(=O)C=NO. The summed E-state index contributed by atoms with van der Waals surface area (Å²) in [7, 11) is 0. The maximum atomic E-state index is 11.4. The Morgan fingerprint density at radius 3 is 2.62 bits per heavy atom. The molecule has 2 unspecified atom stereocenters. The van der Waals surface area contributed by atoms with Crippen molar-refractivity contribution in [1.82, 2.24) is 5.32 Å². The van der Waals surface area contributed by atoms with Crippen LogP contribution < -0.4 is 10.6 Å². The molecule has 0 aliphatic rings. The van der Waals surface area contributed by atoms with Gasteiger partial charge in [0.2, 0.25) is 5.91 Å². The Hall–Kier alpha value is -2.45. The maximum Gasteiger partial charge on any atom is 0.270 e. The van der Waals surface area contributed by atoms with Crippen molar-refractivity contribution in [1.29, 1.82) is 0 Å². The third kappa shape index (κ3) is 5.21. The maximum absolute atomic E-state index is 11.4. The first-order chi connectivity index (χ1) is 9.95. The van der Waals surface area contributed by atoms with E-state index in [-0.39, 0.29) is 23.7 Å². The van der Waals surface area contributed by atoms with E-state index in [1.165, 1.54) is 19.1 Å². The number of benzene rings is 1. The Morgan fingerprint density at radius 2 is 2.00 bits per heavy atom. The van der Waals surface area contributed by atoms with E-state index in [1.54, 1.807) is 12.1 Å². The number of aliphatic hydroxyl groups is 2. The fourth-order valence-electron chi connectivity index (χ4n) is 1.65. The summed E-state index contributed by atoms with van der Waals surface area (Å²) in [6.07, 6.45) is -1.88.